The van der Waals surface area contributed by atoms with Gasteiger partial charge in [0.1, 0.15) is 11.4 Å². The maximum Gasteiger partial charge on any atom is 0.433 e. The van der Waals surface area contributed by atoms with Crippen LogP contribution in [0.1, 0.15) is 5.69 Å². The van der Waals surface area contributed by atoms with E-state index in [4.69, 9.17) is 10.5 Å². The molecular weight excluding hydrogens is 213 g/mol. The Morgan fingerprint density at radius 3 is 2.53 bits per heavy atom. The largest absolute Gasteiger partial charge is 0.482 e. The van der Waals surface area contributed by atoms with Crippen LogP contribution in [-0.2, 0) is 11.0 Å². The van der Waals surface area contributed by atoms with Gasteiger partial charge in [0.25, 0.3) is 5.91 Å². The lowest BCUT2D eigenvalue weighted by Gasteiger charge is -2.06. The number of nitrogens with zero attached hydrogens (tertiary/aromatic N) is 1. The number of aromatic nitrogens is 1. The minimum atomic E-state index is -4.48. The van der Waals surface area contributed by atoms with Gasteiger partial charge in [-0.1, -0.05) is 0 Å². The molecule has 0 saturated heterocycles. The highest BCUT2D eigenvalue weighted by Gasteiger charge is 2.32. The monoisotopic (exact) mass is 220 g/mol. The molecule has 2 N–H and O–H groups in total. The average molecular weight is 220 g/mol. The second-order valence-corrected chi connectivity index (χ2v) is 2.63. The molecule has 0 radical (unpaired) electrons. The van der Waals surface area contributed by atoms with Crippen LogP contribution in [0.4, 0.5) is 13.2 Å². The van der Waals surface area contributed by atoms with Crippen LogP contribution in [0, 0.1) is 0 Å². The molecule has 0 aliphatic rings. The number of hydrogen-bond acceptors (Lipinski definition) is 3. The van der Waals surface area contributed by atoms with E-state index in [1.165, 1.54) is 0 Å². The highest BCUT2D eigenvalue weighted by Crippen LogP contribution is 2.28. The molecule has 0 bridgehead atoms. The maximum atomic E-state index is 12.1. The molecule has 82 valence electrons. The van der Waals surface area contributed by atoms with Gasteiger partial charge in [0.2, 0.25) is 0 Å². The summed E-state index contributed by atoms with van der Waals surface area (Å²) < 4.78 is 40.9. The van der Waals surface area contributed by atoms with Crippen molar-refractivity contribution in [2.45, 2.75) is 6.18 Å². The molecular formula is C8H7F3N2O2. The van der Waals surface area contributed by atoms with Gasteiger partial charge in [-0.3, -0.25) is 4.79 Å². The molecule has 1 aromatic rings. The number of alkyl halides is 3. The average Bonchev–Trinajstić information content (AvgIpc) is 2.14. The van der Waals surface area contributed by atoms with Crippen molar-refractivity contribution in [1.82, 2.24) is 4.98 Å². The first kappa shape index (κ1) is 11.3. The van der Waals surface area contributed by atoms with Crippen molar-refractivity contribution in [3.63, 3.8) is 0 Å². The number of rotatable bonds is 3. The molecule has 1 heterocycles. The van der Waals surface area contributed by atoms with Crippen LogP contribution in [0.25, 0.3) is 0 Å². The highest BCUT2D eigenvalue weighted by atomic mass is 19.4. The minimum Gasteiger partial charge on any atom is -0.482 e. The van der Waals surface area contributed by atoms with Crippen molar-refractivity contribution in [1.29, 1.82) is 0 Å². The molecule has 1 rings (SSSR count). The lowest BCUT2D eigenvalue weighted by atomic mass is 10.3. The summed E-state index contributed by atoms with van der Waals surface area (Å²) >= 11 is 0. The Morgan fingerprint density at radius 2 is 2.13 bits per heavy atom. The van der Waals surface area contributed by atoms with E-state index in [1.807, 2.05) is 0 Å². The van der Waals surface area contributed by atoms with Gasteiger partial charge in [-0.25, -0.2) is 4.98 Å². The Balaban J connectivity index is 2.69. The Morgan fingerprint density at radius 1 is 1.47 bits per heavy atom. The zero-order valence-corrected chi connectivity index (χ0v) is 7.41. The van der Waals surface area contributed by atoms with Crippen molar-refractivity contribution in [2.24, 2.45) is 5.73 Å². The first-order chi connectivity index (χ1) is 6.89. The van der Waals surface area contributed by atoms with Crippen molar-refractivity contribution >= 4 is 5.91 Å². The maximum absolute atomic E-state index is 12.1. The first-order valence-corrected chi connectivity index (χ1v) is 3.84. The molecule has 1 amide bonds. The Hall–Kier alpha value is -1.79. The van der Waals surface area contributed by atoms with E-state index in [0.717, 1.165) is 18.3 Å². The van der Waals surface area contributed by atoms with E-state index in [9.17, 15) is 18.0 Å². The zero-order chi connectivity index (χ0) is 11.5. The molecule has 0 atom stereocenters. The predicted octanol–water partition coefficient (Wildman–Crippen LogP) is 0.965. The molecule has 0 aliphatic carbocycles. The van der Waals surface area contributed by atoms with E-state index in [-0.39, 0.29) is 5.75 Å². The molecule has 0 aliphatic heterocycles. The third-order valence-corrected chi connectivity index (χ3v) is 1.41. The van der Waals surface area contributed by atoms with Crippen molar-refractivity contribution < 1.29 is 22.7 Å². The summed E-state index contributed by atoms with van der Waals surface area (Å²) in [5, 5.41) is 0. The van der Waals surface area contributed by atoms with Crippen LogP contribution < -0.4 is 10.5 Å². The van der Waals surface area contributed by atoms with Crippen LogP contribution in [0.2, 0.25) is 0 Å². The van der Waals surface area contributed by atoms with Crippen LogP contribution in [0.5, 0.6) is 5.75 Å². The summed E-state index contributed by atoms with van der Waals surface area (Å²) in [6, 6.07) is 1.83. The van der Waals surface area contributed by atoms with E-state index >= 15 is 0 Å². The van der Waals surface area contributed by atoms with Crippen LogP contribution in [0.3, 0.4) is 0 Å². The second kappa shape index (κ2) is 4.16. The number of amides is 1. The SMILES string of the molecule is NC(=O)COc1ccc(C(F)(F)F)nc1. The third kappa shape index (κ3) is 3.45. The topological polar surface area (TPSA) is 65.2 Å². The Bertz CT molecular complexity index is 348. The molecule has 0 saturated carbocycles. The lowest BCUT2D eigenvalue weighted by molar-refractivity contribution is -0.141. The van der Waals surface area contributed by atoms with Gasteiger partial charge in [0.05, 0.1) is 6.20 Å². The predicted molar refractivity (Wildman–Crippen MR) is 43.9 cm³/mol. The van der Waals surface area contributed by atoms with E-state index in [0.29, 0.717) is 0 Å². The summed E-state index contributed by atoms with van der Waals surface area (Å²) in [5.74, 6) is -0.656. The number of hydrogen-bond donors (Lipinski definition) is 1. The van der Waals surface area contributed by atoms with Gasteiger partial charge in [-0.15, -0.1) is 0 Å². The number of carbonyl (C=O) groups is 1. The summed E-state index contributed by atoms with van der Waals surface area (Å²) in [5.41, 5.74) is 3.76. The van der Waals surface area contributed by atoms with E-state index < -0.39 is 24.4 Å². The standard InChI is InChI=1S/C8H7F3N2O2/c9-8(10,11)6-2-1-5(3-13-6)15-4-7(12)14/h1-3H,4H2,(H2,12,14). The van der Waals surface area contributed by atoms with Gasteiger partial charge in [0.15, 0.2) is 6.61 Å². The quantitative estimate of drug-likeness (QED) is 0.825. The number of pyridine rings is 1. The lowest BCUT2D eigenvalue weighted by Crippen LogP contribution is -2.20. The van der Waals surface area contributed by atoms with Crippen LogP contribution in [0.15, 0.2) is 18.3 Å². The van der Waals surface area contributed by atoms with Crippen LogP contribution >= 0.6 is 0 Å². The zero-order valence-electron chi connectivity index (χ0n) is 7.41. The molecule has 0 spiro atoms. The fraction of sp³-hybridized carbons (Fsp3) is 0.250. The number of carbonyl (C=O) groups excluding carboxylic acids is 1. The summed E-state index contributed by atoms with van der Waals surface area (Å²) in [6.07, 6.45) is -3.60. The molecule has 0 fully saturated rings. The molecule has 4 nitrogen and oxygen atoms in total. The van der Waals surface area contributed by atoms with Crippen LogP contribution in [-0.4, -0.2) is 17.5 Å². The summed E-state index contributed by atoms with van der Waals surface area (Å²) in [6.45, 7) is -0.396. The minimum absolute atomic E-state index is 0.0572. The number of nitrogens with two attached hydrogens (primary N) is 1. The van der Waals surface area contributed by atoms with Gasteiger partial charge in [0, 0.05) is 0 Å². The van der Waals surface area contributed by atoms with Crippen molar-refractivity contribution in [3.8, 4) is 5.75 Å². The smallest absolute Gasteiger partial charge is 0.433 e. The normalized spacial score (nSPS) is 11.1. The fourth-order valence-corrected chi connectivity index (χ4v) is 0.788. The number of ether oxygens (including phenoxy) is 1. The van der Waals surface area contributed by atoms with Crippen molar-refractivity contribution in [2.75, 3.05) is 6.61 Å². The molecule has 1 aromatic heterocycles. The number of halogens is 3. The third-order valence-electron chi connectivity index (χ3n) is 1.41. The summed E-state index contributed by atoms with van der Waals surface area (Å²) in [4.78, 5) is 13.4. The van der Waals surface area contributed by atoms with E-state index in [2.05, 4.69) is 4.98 Å². The molecule has 15 heavy (non-hydrogen) atoms. The molecule has 0 unspecified atom stereocenters. The fourth-order valence-electron chi connectivity index (χ4n) is 0.788. The van der Waals surface area contributed by atoms with Gasteiger partial charge in [-0.2, -0.15) is 13.2 Å². The first-order valence-electron chi connectivity index (χ1n) is 3.84. The summed E-state index contributed by atoms with van der Waals surface area (Å²) in [7, 11) is 0. The number of primary amides is 1. The Kier molecular flexibility index (Phi) is 3.13. The van der Waals surface area contributed by atoms with Gasteiger partial charge < -0.3 is 10.5 Å². The molecule has 7 heteroatoms. The van der Waals surface area contributed by atoms with Crippen molar-refractivity contribution in [3.05, 3.63) is 24.0 Å². The second-order valence-electron chi connectivity index (χ2n) is 2.63. The van der Waals surface area contributed by atoms with E-state index in [1.54, 1.807) is 0 Å². The van der Waals surface area contributed by atoms with Gasteiger partial charge in [-0.05, 0) is 12.1 Å². The molecule has 0 aromatic carbocycles. The van der Waals surface area contributed by atoms with Gasteiger partial charge >= 0.3 is 6.18 Å². The highest BCUT2D eigenvalue weighted by molar-refractivity contribution is 5.75. The Labute approximate surface area is 82.9 Å².